The summed E-state index contributed by atoms with van der Waals surface area (Å²) in [5.41, 5.74) is 0. The third-order valence-corrected chi connectivity index (χ3v) is 9.94. The quantitative estimate of drug-likeness (QED) is 0.125. The monoisotopic (exact) mass is 558 g/mol. The van der Waals surface area contributed by atoms with E-state index in [2.05, 4.69) is 20.4 Å². The molecule has 0 heterocycles. The molecule has 0 aliphatic carbocycles. The number of hydrazone groups is 4. The Kier molecular flexibility index (Phi) is 13.7. The van der Waals surface area contributed by atoms with Gasteiger partial charge in [0.15, 0.2) is 23.6 Å². The first-order valence-corrected chi connectivity index (χ1v) is 16.6. The molecule has 0 aliphatic rings. The minimum Gasteiger partial charge on any atom is -0.489 e. The molecular formula is C18H40Cl2N8O4Si2. The van der Waals surface area contributed by atoms with E-state index < -0.39 is 15.7 Å². The van der Waals surface area contributed by atoms with Crippen molar-refractivity contribution in [3.05, 3.63) is 0 Å². The van der Waals surface area contributed by atoms with Crippen LogP contribution in [0.5, 0.6) is 0 Å². The third-order valence-electron chi connectivity index (χ3n) is 3.29. The molecule has 0 atom stereocenters. The van der Waals surface area contributed by atoms with Gasteiger partial charge in [-0.2, -0.15) is 0 Å². The number of hydrogen-bond donors (Lipinski definition) is 0. The lowest BCUT2D eigenvalue weighted by atomic mass is 10.8. The van der Waals surface area contributed by atoms with Gasteiger partial charge in [0.2, 0.25) is 0 Å². The maximum Gasteiger partial charge on any atom is 0.570 e. The third kappa shape index (κ3) is 15.1. The average Bonchev–Trinajstić information content (AvgIpc) is 2.56. The first kappa shape index (κ1) is 32.1. The van der Waals surface area contributed by atoms with E-state index in [0.717, 1.165) is 0 Å². The van der Waals surface area contributed by atoms with Crippen LogP contribution in [0.3, 0.4) is 0 Å². The molecule has 0 rings (SSSR count). The van der Waals surface area contributed by atoms with Crippen LogP contribution in [0.25, 0.3) is 0 Å². The van der Waals surface area contributed by atoms with Gasteiger partial charge >= 0.3 is 15.7 Å². The van der Waals surface area contributed by atoms with Gasteiger partial charge in [0.25, 0.3) is 0 Å². The minimum absolute atomic E-state index is 0.218. The fourth-order valence-corrected chi connectivity index (χ4v) is 10.5. The number of nitrogens with zero attached hydrogens (tertiary/aromatic N) is 8. The standard InChI is InChI=1S/C18H40Cl2N8O4Si2/c1-15(21-25(5)6)29-33(19,30-16(2)22-26(7)8)13-14-34(20,31-17(3)23-27(9)10)32-18(4)24-28(11)12/h13-14H2,1-12H3/b21-15+,22-16+,23-17+,24-18+. The predicted octanol–water partition coefficient (Wildman–Crippen LogP) is 2.99. The summed E-state index contributed by atoms with van der Waals surface area (Å²) < 4.78 is 24.0. The van der Waals surface area contributed by atoms with Crippen molar-refractivity contribution in [2.75, 3.05) is 56.4 Å². The summed E-state index contributed by atoms with van der Waals surface area (Å²) in [7, 11) is 7.36. The summed E-state index contributed by atoms with van der Waals surface area (Å²) in [6, 6.07) is 0.435. The molecule has 12 nitrogen and oxygen atoms in total. The average molecular weight is 560 g/mol. The van der Waals surface area contributed by atoms with Crippen LogP contribution in [-0.4, -0.2) is 116 Å². The Hall–Kier alpha value is -1.91. The van der Waals surface area contributed by atoms with Gasteiger partial charge in [0.1, 0.15) is 0 Å². The van der Waals surface area contributed by atoms with Crippen LogP contribution in [0.1, 0.15) is 27.7 Å². The molecule has 0 saturated carbocycles. The molecule has 16 heteroatoms. The second-order valence-corrected chi connectivity index (χ2v) is 16.0. The topological polar surface area (TPSA) is 99.3 Å². The Labute approximate surface area is 215 Å². The van der Waals surface area contributed by atoms with E-state index in [-0.39, 0.29) is 12.1 Å². The minimum atomic E-state index is -3.44. The summed E-state index contributed by atoms with van der Waals surface area (Å²) >= 11 is 13.8. The lowest BCUT2D eigenvalue weighted by Crippen LogP contribution is -2.45. The molecule has 34 heavy (non-hydrogen) atoms. The molecule has 0 spiro atoms. The Morgan fingerprint density at radius 2 is 0.676 bits per heavy atom. The molecule has 0 radical (unpaired) electrons. The Morgan fingerprint density at radius 1 is 0.500 bits per heavy atom. The second kappa shape index (κ2) is 14.5. The van der Waals surface area contributed by atoms with Crippen molar-refractivity contribution >= 4 is 61.5 Å². The predicted molar refractivity (Wildman–Crippen MR) is 144 cm³/mol. The largest absolute Gasteiger partial charge is 0.570 e. The SMILES string of the molecule is C/C(=N\N(C)C)O[Si](Cl)(CC[Si](Cl)(O/C(C)=N/N(C)C)O/C(C)=N/N(C)C)O/C(C)=N/N(C)C. The van der Waals surface area contributed by atoms with Crippen LogP contribution in [0.15, 0.2) is 20.4 Å². The molecular weight excluding hydrogens is 519 g/mol. The van der Waals surface area contributed by atoms with Crippen LogP contribution in [-0.2, 0) is 17.7 Å². The smallest absolute Gasteiger partial charge is 0.489 e. The number of rotatable bonds is 11. The molecule has 0 aromatic carbocycles. The molecule has 0 unspecified atom stereocenters. The van der Waals surface area contributed by atoms with E-state index in [1.807, 2.05) is 0 Å². The van der Waals surface area contributed by atoms with Crippen molar-refractivity contribution < 1.29 is 17.7 Å². The maximum atomic E-state index is 6.92. The maximum absolute atomic E-state index is 6.92. The van der Waals surface area contributed by atoms with Crippen LogP contribution < -0.4 is 0 Å². The van der Waals surface area contributed by atoms with Crippen molar-refractivity contribution in [3.8, 4) is 0 Å². The molecule has 0 saturated heterocycles. The van der Waals surface area contributed by atoms with Crippen LogP contribution in [0.4, 0.5) is 0 Å². The Morgan fingerprint density at radius 3 is 0.824 bits per heavy atom. The second-order valence-electron chi connectivity index (χ2n) is 8.09. The lowest BCUT2D eigenvalue weighted by Gasteiger charge is -2.29. The highest BCUT2D eigenvalue weighted by atomic mass is 35.6. The molecule has 0 fully saturated rings. The van der Waals surface area contributed by atoms with Gasteiger partial charge in [-0.15, -0.1) is 20.4 Å². The zero-order chi connectivity index (χ0) is 26.7. The Bertz CT molecular complexity index is 650. The van der Waals surface area contributed by atoms with Crippen LogP contribution in [0.2, 0.25) is 12.1 Å². The zero-order valence-electron chi connectivity index (χ0n) is 22.4. The first-order chi connectivity index (χ1) is 15.4. The van der Waals surface area contributed by atoms with Gasteiger partial charge in [-0.05, 0) is 0 Å². The molecule has 0 amide bonds. The van der Waals surface area contributed by atoms with Crippen LogP contribution >= 0.6 is 22.2 Å². The van der Waals surface area contributed by atoms with Gasteiger partial charge in [-0.1, -0.05) is 22.2 Å². The van der Waals surface area contributed by atoms with Crippen molar-refractivity contribution in [1.82, 2.24) is 20.0 Å². The summed E-state index contributed by atoms with van der Waals surface area (Å²) in [6.07, 6.45) is 0. The van der Waals surface area contributed by atoms with E-state index in [9.17, 15) is 0 Å². The normalized spacial score (nSPS) is 15.4. The van der Waals surface area contributed by atoms with Crippen molar-refractivity contribution in [1.29, 1.82) is 0 Å². The molecule has 198 valence electrons. The lowest BCUT2D eigenvalue weighted by molar-refractivity contribution is 0.342. The molecule has 0 aliphatic heterocycles. The van der Waals surface area contributed by atoms with Gasteiger partial charge in [0.05, 0.1) is 0 Å². The summed E-state index contributed by atoms with van der Waals surface area (Å²) in [5.74, 6) is 1.40. The van der Waals surface area contributed by atoms with E-state index in [1.165, 1.54) is 0 Å². The van der Waals surface area contributed by atoms with Crippen LogP contribution in [0, 0.1) is 0 Å². The van der Waals surface area contributed by atoms with Gasteiger partial charge in [-0.3, -0.25) is 20.0 Å². The zero-order valence-corrected chi connectivity index (χ0v) is 25.9. The van der Waals surface area contributed by atoms with Gasteiger partial charge < -0.3 is 17.7 Å². The van der Waals surface area contributed by atoms with Crippen molar-refractivity contribution in [3.63, 3.8) is 0 Å². The fourth-order valence-electron chi connectivity index (χ4n) is 2.63. The summed E-state index contributed by atoms with van der Waals surface area (Å²) in [6.45, 7) is 6.80. The summed E-state index contributed by atoms with van der Waals surface area (Å²) in [4.78, 5) is 0. The highest BCUT2D eigenvalue weighted by Gasteiger charge is 2.50. The number of halogens is 2. The van der Waals surface area contributed by atoms with Gasteiger partial charge in [0, 0.05) is 96.2 Å². The molecule has 0 aromatic heterocycles. The molecule has 0 N–H and O–H groups in total. The van der Waals surface area contributed by atoms with Gasteiger partial charge in [-0.25, -0.2) is 0 Å². The van der Waals surface area contributed by atoms with E-state index in [4.69, 9.17) is 39.9 Å². The summed E-state index contributed by atoms with van der Waals surface area (Å²) in [5, 5.41) is 23.4. The van der Waals surface area contributed by atoms with Crippen molar-refractivity contribution in [2.24, 2.45) is 20.4 Å². The fraction of sp³-hybridized carbons (Fsp3) is 0.778. The number of hydrogen-bond acceptors (Lipinski definition) is 12. The van der Waals surface area contributed by atoms with E-state index in [0.29, 0.717) is 23.6 Å². The Balaban J connectivity index is 6.01. The molecule has 0 aromatic rings. The first-order valence-electron chi connectivity index (χ1n) is 10.5. The highest BCUT2D eigenvalue weighted by molar-refractivity contribution is 7.17. The van der Waals surface area contributed by atoms with E-state index >= 15 is 0 Å². The highest BCUT2D eigenvalue weighted by Crippen LogP contribution is 2.30. The molecule has 0 bridgehead atoms. The van der Waals surface area contributed by atoms with E-state index in [1.54, 1.807) is 104 Å². The van der Waals surface area contributed by atoms with Crippen molar-refractivity contribution in [2.45, 2.75) is 39.8 Å².